The van der Waals surface area contributed by atoms with E-state index in [4.69, 9.17) is 5.73 Å². The van der Waals surface area contributed by atoms with Crippen LogP contribution in [0.15, 0.2) is 35.9 Å². The van der Waals surface area contributed by atoms with E-state index in [1.54, 1.807) is 5.57 Å². The predicted molar refractivity (Wildman–Crippen MR) is 88.0 cm³/mol. The molecule has 1 aliphatic rings. The smallest absolute Gasteiger partial charge is 0.0417 e. The number of benzene rings is 1. The van der Waals surface area contributed by atoms with Crippen molar-refractivity contribution >= 4 is 5.69 Å². The molecule has 2 N–H and O–H groups in total. The molecule has 0 bridgehead atoms. The second kappa shape index (κ2) is 6.01. The lowest BCUT2D eigenvalue weighted by Gasteiger charge is -2.35. The van der Waals surface area contributed by atoms with Crippen molar-refractivity contribution in [1.29, 1.82) is 0 Å². The molecule has 0 fully saturated rings. The maximum absolute atomic E-state index is 6.26. The van der Waals surface area contributed by atoms with Crippen LogP contribution in [0.4, 0.5) is 5.69 Å². The highest BCUT2D eigenvalue weighted by Gasteiger charge is 2.22. The standard InChI is InChI=1S/C18H28N2/c1-5-16(19)15-8-6-7-9-17(15)20-12-10-14(11-13-20)18(2,3)4/h6-10,16H,5,11-13,19H2,1-4H3/t16-/m1/s1. The molecular weight excluding hydrogens is 244 g/mol. The normalized spacial score (nSPS) is 17.9. The second-order valence-corrected chi connectivity index (χ2v) is 6.75. The number of hydrogen-bond acceptors (Lipinski definition) is 2. The van der Waals surface area contributed by atoms with Crippen LogP contribution in [-0.4, -0.2) is 13.1 Å². The van der Waals surface area contributed by atoms with Crippen molar-refractivity contribution in [3.8, 4) is 0 Å². The van der Waals surface area contributed by atoms with Crippen molar-refractivity contribution < 1.29 is 0 Å². The average Bonchev–Trinajstić information content (AvgIpc) is 2.45. The lowest BCUT2D eigenvalue weighted by atomic mass is 9.83. The Balaban J connectivity index is 2.21. The van der Waals surface area contributed by atoms with Gasteiger partial charge in [-0.2, -0.15) is 0 Å². The summed E-state index contributed by atoms with van der Waals surface area (Å²) in [6.45, 7) is 11.1. The molecule has 1 aliphatic heterocycles. The summed E-state index contributed by atoms with van der Waals surface area (Å²) in [5.74, 6) is 0. The molecule has 1 heterocycles. The summed E-state index contributed by atoms with van der Waals surface area (Å²) in [5.41, 5.74) is 10.7. The first-order valence-corrected chi connectivity index (χ1v) is 7.72. The first-order valence-electron chi connectivity index (χ1n) is 7.72. The molecule has 2 rings (SSSR count). The Labute approximate surface area is 123 Å². The van der Waals surface area contributed by atoms with Crippen LogP contribution in [0.5, 0.6) is 0 Å². The predicted octanol–water partition coefficient (Wildman–Crippen LogP) is 4.28. The lowest BCUT2D eigenvalue weighted by molar-refractivity contribution is 0.472. The van der Waals surface area contributed by atoms with Gasteiger partial charge in [0.1, 0.15) is 0 Å². The van der Waals surface area contributed by atoms with E-state index < -0.39 is 0 Å². The Hall–Kier alpha value is -1.28. The number of rotatable bonds is 3. The van der Waals surface area contributed by atoms with E-state index in [-0.39, 0.29) is 6.04 Å². The Morgan fingerprint density at radius 1 is 1.25 bits per heavy atom. The van der Waals surface area contributed by atoms with E-state index in [1.165, 1.54) is 11.3 Å². The zero-order valence-corrected chi connectivity index (χ0v) is 13.3. The van der Waals surface area contributed by atoms with E-state index >= 15 is 0 Å². The summed E-state index contributed by atoms with van der Waals surface area (Å²) in [5, 5.41) is 0. The highest BCUT2D eigenvalue weighted by atomic mass is 15.1. The number of nitrogens with two attached hydrogens (primary N) is 1. The molecule has 0 saturated heterocycles. The Kier molecular flexibility index (Phi) is 4.54. The van der Waals surface area contributed by atoms with Gasteiger partial charge in [0.15, 0.2) is 0 Å². The zero-order chi connectivity index (χ0) is 14.8. The third-order valence-corrected chi connectivity index (χ3v) is 4.29. The van der Waals surface area contributed by atoms with Crippen molar-refractivity contribution in [2.24, 2.45) is 11.1 Å². The van der Waals surface area contributed by atoms with Gasteiger partial charge < -0.3 is 10.6 Å². The summed E-state index contributed by atoms with van der Waals surface area (Å²) < 4.78 is 0. The van der Waals surface area contributed by atoms with Gasteiger partial charge in [0.2, 0.25) is 0 Å². The van der Waals surface area contributed by atoms with Gasteiger partial charge in [-0.15, -0.1) is 0 Å². The summed E-state index contributed by atoms with van der Waals surface area (Å²) in [6.07, 6.45) is 4.53. The zero-order valence-electron chi connectivity index (χ0n) is 13.3. The SMILES string of the molecule is CC[C@@H](N)c1ccccc1N1CC=C(C(C)(C)C)CC1. The lowest BCUT2D eigenvalue weighted by Crippen LogP contribution is -2.32. The number of para-hydroxylation sites is 1. The first kappa shape index (κ1) is 15.1. The van der Waals surface area contributed by atoms with Gasteiger partial charge in [0.25, 0.3) is 0 Å². The van der Waals surface area contributed by atoms with Crippen LogP contribution in [0.1, 0.15) is 52.1 Å². The molecule has 110 valence electrons. The third kappa shape index (κ3) is 3.24. The molecule has 0 radical (unpaired) electrons. The summed E-state index contributed by atoms with van der Waals surface area (Å²) in [6, 6.07) is 8.73. The van der Waals surface area contributed by atoms with E-state index in [1.807, 2.05) is 0 Å². The van der Waals surface area contributed by atoms with Crippen LogP contribution in [0, 0.1) is 5.41 Å². The van der Waals surface area contributed by atoms with Crippen LogP contribution in [0.3, 0.4) is 0 Å². The van der Waals surface area contributed by atoms with Crippen LogP contribution < -0.4 is 10.6 Å². The molecule has 20 heavy (non-hydrogen) atoms. The fraction of sp³-hybridized carbons (Fsp3) is 0.556. The van der Waals surface area contributed by atoms with Crippen molar-refractivity contribution in [1.82, 2.24) is 0 Å². The van der Waals surface area contributed by atoms with Gasteiger partial charge in [0.05, 0.1) is 0 Å². The van der Waals surface area contributed by atoms with Crippen LogP contribution in [-0.2, 0) is 0 Å². The fourth-order valence-corrected chi connectivity index (χ4v) is 2.88. The minimum Gasteiger partial charge on any atom is -0.367 e. The molecule has 0 amide bonds. The summed E-state index contributed by atoms with van der Waals surface area (Å²) >= 11 is 0. The second-order valence-electron chi connectivity index (χ2n) is 6.75. The first-order chi connectivity index (χ1) is 9.43. The quantitative estimate of drug-likeness (QED) is 0.832. The minimum atomic E-state index is 0.138. The average molecular weight is 272 g/mol. The topological polar surface area (TPSA) is 29.3 Å². The van der Waals surface area contributed by atoms with Crippen molar-refractivity contribution in [2.45, 2.75) is 46.6 Å². The number of anilines is 1. The Morgan fingerprint density at radius 2 is 1.95 bits per heavy atom. The number of hydrogen-bond donors (Lipinski definition) is 1. The molecule has 0 unspecified atom stereocenters. The molecule has 0 aliphatic carbocycles. The van der Waals surface area contributed by atoms with E-state index in [0.29, 0.717) is 5.41 Å². The molecule has 2 nitrogen and oxygen atoms in total. The van der Waals surface area contributed by atoms with Gasteiger partial charge in [-0.1, -0.05) is 57.5 Å². The molecule has 1 atom stereocenters. The summed E-state index contributed by atoms with van der Waals surface area (Å²) in [4.78, 5) is 2.46. The van der Waals surface area contributed by atoms with Gasteiger partial charge in [-0.3, -0.25) is 0 Å². The monoisotopic (exact) mass is 272 g/mol. The highest BCUT2D eigenvalue weighted by molar-refractivity contribution is 5.56. The largest absolute Gasteiger partial charge is 0.367 e. The number of nitrogens with zero attached hydrogens (tertiary/aromatic N) is 1. The molecular formula is C18H28N2. The van der Waals surface area contributed by atoms with Gasteiger partial charge in [-0.25, -0.2) is 0 Å². The minimum absolute atomic E-state index is 0.138. The van der Waals surface area contributed by atoms with Gasteiger partial charge in [0, 0.05) is 24.8 Å². The van der Waals surface area contributed by atoms with Crippen molar-refractivity contribution in [3.05, 3.63) is 41.5 Å². The fourth-order valence-electron chi connectivity index (χ4n) is 2.88. The maximum atomic E-state index is 6.26. The summed E-state index contributed by atoms with van der Waals surface area (Å²) in [7, 11) is 0. The van der Waals surface area contributed by atoms with E-state index in [0.717, 1.165) is 25.9 Å². The Bertz CT molecular complexity index is 482. The van der Waals surface area contributed by atoms with E-state index in [2.05, 4.69) is 62.9 Å². The third-order valence-electron chi connectivity index (χ3n) is 4.29. The van der Waals surface area contributed by atoms with Crippen molar-refractivity contribution in [2.75, 3.05) is 18.0 Å². The molecule has 2 heteroatoms. The van der Waals surface area contributed by atoms with Gasteiger partial charge in [-0.05, 0) is 29.9 Å². The molecule has 0 spiro atoms. The van der Waals surface area contributed by atoms with Crippen LogP contribution in [0.2, 0.25) is 0 Å². The van der Waals surface area contributed by atoms with E-state index in [9.17, 15) is 0 Å². The molecule has 0 aromatic heterocycles. The van der Waals surface area contributed by atoms with Crippen LogP contribution >= 0.6 is 0 Å². The van der Waals surface area contributed by atoms with Crippen molar-refractivity contribution in [3.63, 3.8) is 0 Å². The van der Waals surface area contributed by atoms with Gasteiger partial charge >= 0.3 is 0 Å². The maximum Gasteiger partial charge on any atom is 0.0417 e. The Morgan fingerprint density at radius 3 is 2.50 bits per heavy atom. The molecule has 1 aromatic carbocycles. The molecule has 0 saturated carbocycles. The molecule has 1 aromatic rings. The van der Waals surface area contributed by atoms with Crippen LogP contribution in [0.25, 0.3) is 0 Å². The highest BCUT2D eigenvalue weighted by Crippen LogP contribution is 2.33.